The normalized spacial score (nSPS) is 14.7. The molecule has 0 saturated heterocycles. The zero-order valence-electron chi connectivity index (χ0n) is 37.8. The Morgan fingerprint density at radius 1 is 0.571 bits per heavy atom. The second-order valence-electron chi connectivity index (χ2n) is 19.1. The molecule has 0 radical (unpaired) electrons. The van der Waals surface area contributed by atoms with Crippen LogP contribution < -0.4 is 4.90 Å². The van der Waals surface area contributed by atoms with Gasteiger partial charge in [0.2, 0.25) is 0 Å². The number of carbonyl (C=O) groups is 1. The van der Waals surface area contributed by atoms with E-state index in [9.17, 15) is 4.79 Å². The van der Waals surface area contributed by atoms with Crippen LogP contribution in [-0.4, -0.2) is 6.29 Å². The van der Waals surface area contributed by atoms with Gasteiger partial charge in [-0.3, -0.25) is 4.79 Å². The van der Waals surface area contributed by atoms with E-state index in [2.05, 4.69) is 156 Å². The molecule has 0 N–H and O–H groups in total. The van der Waals surface area contributed by atoms with E-state index in [-0.39, 0.29) is 10.8 Å². The first-order chi connectivity index (χ1) is 30.6. The number of thioether (sulfide) groups is 1. The van der Waals surface area contributed by atoms with Crippen LogP contribution in [0.4, 0.5) is 17.1 Å². The van der Waals surface area contributed by atoms with Gasteiger partial charge in [0, 0.05) is 53.0 Å². The Labute approximate surface area is 387 Å². The zero-order chi connectivity index (χ0) is 43.5. The highest BCUT2D eigenvalue weighted by molar-refractivity contribution is 7.99. The summed E-state index contributed by atoms with van der Waals surface area (Å²) in [5, 5.41) is 0. The molecule has 2 aromatic heterocycles. The molecule has 0 saturated carbocycles. The van der Waals surface area contributed by atoms with E-state index >= 15 is 0 Å². The van der Waals surface area contributed by atoms with Crippen molar-refractivity contribution in [3.8, 4) is 42.4 Å². The van der Waals surface area contributed by atoms with Gasteiger partial charge in [-0.25, -0.2) is 0 Å². The van der Waals surface area contributed by atoms with E-state index in [4.69, 9.17) is 0 Å². The van der Waals surface area contributed by atoms with E-state index in [0.717, 1.165) is 29.8 Å². The molecule has 5 aromatic carbocycles. The molecule has 0 unspecified atom stereocenters. The van der Waals surface area contributed by atoms with Crippen LogP contribution in [0.25, 0.3) is 42.4 Å². The number of aryl methyl sites for hydroxylation is 2. The summed E-state index contributed by atoms with van der Waals surface area (Å²) in [5.74, 6) is 0.969. The Morgan fingerprint density at radius 3 is 1.70 bits per heavy atom. The van der Waals surface area contributed by atoms with Crippen molar-refractivity contribution in [2.24, 2.45) is 0 Å². The van der Waals surface area contributed by atoms with Crippen LogP contribution in [0.15, 0.2) is 114 Å². The zero-order valence-corrected chi connectivity index (χ0v) is 40.3. The molecule has 5 heteroatoms. The van der Waals surface area contributed by atoms with Crippen molar-refractivity contribution < 1.29 is 4.79 Å². The van der Waals surface area contributed by atoms with Crippen LogP contribution in [0.2, 0.25) is 0 Å². The number of unbranched alkanes of at least 4 members (excludes halogenated alkanes) is 6. The number of aldehydes is 1. The Balaban J connectivity index is 1.14. The standard InChI is InChI=1S/C58H59NOS3/c1-7-9-11-13-19-37-31-42(35-60)62-54(37)52-32-38(20-14-12-10-8-2)55(63-52)53-39-25-30-51(56(53)61-36-39)59(40-26-28-45-43-21-15-17-23-47(43)57(3,4)49(45)33-40)41-27-29-46-44-22-16-18-24-48(44)58(5,6)50(46)34-41/h15-18,21-35H,7-14,19-20,36H2,1-6H3. The van der Waals surface area contributed by atoms with E-state index < -0.39 is 0 Å². The van der Waals surface area contributed by atoms with Gasteiger partial charge in [0.05, 0.1) is 10.6 Å². The third-order valence-corrected chi connectivity index (χ3v) is 17.9. The van der Waals surface area contributed by atoms with Crippen LogP contribution in [-0.2, 0) is 29.4 Å². The fourth-order valence-electron chi connectivity index (χ4n) is 10.9. The lowest BCUT2D eigenvalue weighted by Gasteiger charge is -2.31. The van der Waals surface area contributed by atoms with Gasteiger partial charge < -0.3 is 4.90 Å². The number of rotatable bonds is 16. The molecule has 10 rings (SSSR count). The number of anilines is 3. The second kappa shape index (κ2) is 17.0. The molecule has 3 aliphatic rings. The molecule has 320 valence electrons. The van der Waals surface area contributed by atoms with Crippen molar-refractivity contribution >= 4 is 57.8 Å². The van der Waals surface area contributed by atoms with E-state index in [1.54, 1.807) is 11.3 Å². The average Bonchev–Trinajstić information content (AvgIpc) is 4.08. The first-order valence-electron chi connectivity index (χ1n) is 23.4. The van der Waals surface area contributed by atoms with Crippen molar-refractivity contribution in [3.63, 3.8) is 0 Å². The molecule has 0 spiro atoms. The number of thiophene rings is 2. The highest BCUT2D eigenvalue weighted by atomic mass is 32.2. The van der Waals surface area contributed by atoms with Crippen LogP contribution in [0.3, 0.4) is 0 Å². The van der Waals surface area contributed by atoms with Crippen LogP contribution in [0.5, 0.6) is 0 Å². The molecule has 0 amide bonds. The third kappa shape index (κ3) is 7.27. The predicted molar refractivity (Wildman–Crippen MR) is 274 cm³/mol. The summed E-state index contributed by atoms with van der Waals surface area (Å²) >= 11 is 5.67. The Hall–Kier alpha value is -4.68. The molecule has 3 heterocycles. The molecule has 2 bridgehead atoms. The van der Waals surface area contributed by atoms with Crippen molar-refractivity contribution in [1.29, 1.82) is 0 Å². The molecular weight excluding hydrogens is 823 g/mol. The number of carbonyl (C=O) groups excluding carboxylic acids is 1. The highest BCUT2D eigenvalue weighted by Crippen LogP contribution is 2.58. The number of nitrogens with zero attached hydrogens (tertiary/aromatic N) is 1. The Morgan fingerprint density at radius 2 is 1.13 bits per heavy atom. The first kappa shape index (κ1) is 42.3. The first-order valence-corrected chi connectivity index (χ1v) is 26.0. The van der Waals surface area contributed by atoms with Crippen LogP contribution in [0.1, 0.15) is 142 Å². The maximum absolute atomic E-state index is 12.2. The van der Waals surface area contributed by atoms with E-state index in [1.807, 2.05) is 23.1 Å². The average molecular weight is 882 g/mol. The molecular formula is C58H59NOS3. The lowest BCUT2D eigenvalue weighted by atomic mass is 9.82. The van der Waals surface area contributed by atoms with Crippen LogP contribution >= 0.6 is 34.4 Å². The van der Waals surface area contributed by atoms with Gasteiger partial charge in [-0.2, -0.15) is 0 Å². The summed E-state index contributed by atoms with van der Waals surface area (Å²) in [6.07, 6.45) is 13.0. The maximum atomic E-state index is 12.2. The minimum absolute atomic E-state index is 0.115. The lowest BCUT2D eigenvalue weighted by molar-refractivity contribution is 0.112. The summed E-state index contributed by atoms with van der Waals surface area (Å²) in [6.45, 7) is 14.1. The van der Waals surface area contributed by atoms with Crippen molar-refractivity contribution in [2.75, 3.05) is 4.90 Å². The third-order valence-electron chi connectivity index (χ3n) is 14.3. The summed E-state index contributed by atoms with van der Waals surface area (Å²) in [7, 11) is 0. The van der Waals surface area contributed by atoms with Gasteiger partial charge in [0.25, 0.3) is 0 Å². The van der Waals surface area contributed by atoms with Crippen molar-refractivity contribution in [1.82, 2.24) is 0 Å². The molecule has 7 aromatic rings. The summed E-state index contributed by atoms with van der Waals surface area (Å²) in [6, 6.07) is 42.0. The quantitative estimate of drug-likeness (QED) is 0.0712. The number of hydrogen-bond donors (Lipinski definition) is 0. The van der Waals surface area contributed by atoms with E-state index in [0.29, 0.717) is 0 Å². The molecule has 63 heavy (non-hydrogen) atoms. The minimum atomic E-state index is -0.115. The maximum Gasteiger partial charge on any atom is 0.160 e. The second-order valence-corrected chi connectivity index (χ2v) is 22.2. The molecule has 1 aliphatic heterocycles. The fourth-order valence-corrected chi connectivity index (χ4v) is 14.6. The van der Waals surface area contributed by atoms with Gasteiger partial charge in [-0.1, -0.05) is 147 Å². The minimum Gasteiger partial charge on any atom is -0.309 e. The van der Waals surface area contributed by atoms with Gasteiger partial charge in [-0.15, -0.1) is 34.4 Å². The van der Waals surface area contributed by atoms with Crippen LogP contribution in [0, 0.1) is 0 Å². The van der Waals surface area contributed by atoms with Gasteiger partial charge in [0.1, 0.15) is 0 Å². The monoisotopic (exact) mass is 881 g/mol. The van der Waals surface area contributed by atoms with Gasteiger partial charge in [0.15, 0.2) is 6.29 Å². The van der Waals surface area contributed by atoms with Crippen molar-refractivity contribution in [3.05, 3.63) is 153 Å². The Kier molecular flexibility index (Phi) is 11.4. The lowest BCUT2D eigenvalue weighted by Crippen LogP contribution is -2.18. The summed E-state index contributed by atoms with van der Waals surface area (Å²) in [5.41, 5.74) is 20.0. The highest BCUT2D eigenvalue weighted by Gasteiger charge is 2.38. The molecule has 0 fully saturated rings. The smallest absolute Gasteiger partial charge is 0.160 e. The number of hydrogen-bond acceptors (Lipinski definition) is 5. The Bertz CT molecular complexity index is 2760. The number of benzene rings is 5. The van der Waals surface area contributed by atoms with E-state index in [1.165, 1.54) is 155 Å². The molecule has 2 aliphatic carbocycles. The topological polar surface area (TPSA) is 20.3 Å². The largest absolute Gasteiger partial charge is 0.309 e. The number of fused-ring (bicyclic) bond motifs is 8. The molecule has 2 nitrogen and oxygen atoms in total. The predicted octanol–water partition coefficient (Wildman–Crippen LogP) is 17.9. The van der Waals surface area contributed by atoms with Gasteiger partial charge >= 0.3 is 0 Å². The SMILES string of the molecule is CCCCCCc1cc(C=O)sc1-c1cc(CCCCCC)c(-c2c3ccc(N(c4ccc5c(c4)C(C)(C)c4ccccc4-5)c4ccc5c(c4)C(C)(C)c4ccccc4-5)c2SC3)s1. The summed E-state index contributed by atoms with van der Waals surface area (Å²) in [4.78, 5) is 21.1. The molecule has 0 atom stereocenters. The van der Waals surface area contributed by atoms with Crippen molar-refractivity contribution in [2.45, 2.75) is 127 Å². The summed E-state index contributed by atoms with van der Waals surface area (Å²) < 4.78 is 0. The van der Waals surface area contributed by atoms with Gasteiger partial charge in [-0.05, 0) is 129 Å². The fraction of sp³-hybridized carbons (Fsp3) is 0.328.